The Bertz CT molecular complexity index is 630. The van der Waals surface area contributed by atoms with Crippen LogP contribution in [0.5, 0.6) is 11.5 Å². The molecule has 0 radical (unpaired) electrons. The zero-order valence-corrected chi connectivity index (χ0v) is 18.4. The van der Waals surface area contributed by atoms with Gasteiger partial charge >= 0.3 is 0 Å². The number of phenolic OH excluding ortho intramolecular Hbond substituents is 1. The molecule has 0 saturated carbocycles. The van der Waals surface area contributed by atoms with Crippen LogP contribution in [0.15, 0.2) is 23.2 Å². The summed E-state index contributed by atoms with van der Waals surface area (Å²) in [6.45, 7) is 12.6. The molecule has 1 unspecified atom stereocenters. The highest BCUT2D eigenvalue weighted by Crippen LogP contribution is 2.26. The molecule has 3 N–H and O–H groups in total. The first kappa shape index (κ1) is 23.3. The van der Waals surface area contributed by atoms with Gasteiger partial charge in [-0.1, -0.05) is 19.9 Å². The van der Waals surface area contributed by atoms with Gasteiger partial charge in [-0.25, -0.2) is 0 Å². The fourth-order valence-corrected chi connectivity index (χ4v) is 3.57. The average Bonchev–Trinajstić information content (AvgIpc) is 2.72. The monoisotopic (exact) mass is 406 g/mol. The highest BCUT2D eigenvalue weighted by atomic mass is 16.5. The number of ether oxygens (including phenoxy) is 2. The zero-order valence-electron chi connectivity index (χ0n) is 18.4. The highest BCUT2D eigenvalue weighted by molar-refractivity contribution is 5.79. The number of benzene rings is 1. The molecule has 0 spiro atoms. The maximum atomic E-state index is 9.73. The van der Waals surface area contributed by atoms with Crippen molar-refractivity contribution in [1.82, 2.24) is 15.5 Å². The fraction of sp³-hybridized carbons (Fsp3) is 0.682. The molecule has 164 valence electrons. The van der Waals surface area contributed by atoms with Crippen LogP contribution in [0.4, 0.5) is 0 Å². The second kappa shape index (κ2) is 12.5. The molecule has 29 heavy (non-hydrogen) atoms. The second-order valence-electron chi connectivity index (χ2n) is 7.83. The molecule has 1 heterocycles. The minimum Gasteiger partial charge on any atom is -0.504 e. The number of nitrogens with one attached hydrogen (secondary N) is 2. The summed E-state index contributed by atoms with van der Waals surface area (Å²) in [7, 11) is 1.56. The number of hydrogen-bond donors (Lipinski definition) is 3. The summed E-state index contributed by atoms with van der Waals surface area (Å²) in [6, 6.07) is 5.90. The van der Waals surface area contributed by atoms with E-state index in [2.05, 4.69) is 36.3 Å². The van der Waals surface area contributed by atoms with Crippen LogP contribution in [0, 0.1) is 5.92 Å². The largest absolute Gasteiger partial charge is 0.504 e. The van der Waals surface area contributed by atoms with E-state index in [1.807, 2.05) is 12.1 Å². The number of methoxy groups -OCH3 is 1. The van der Waals surface area contributed by atoms with Crippen molar-refractivity contribution in [2.75, 3.05) is 53.0 Å². The Morgan fingerprint density at radius 2 is 2.03 bits per heavy atom. The van der Waals surface area contributed by atoms with E-state index in [0.717, 1.165) is 70.3 Å². The molecule has 1 aromatic carbocycles. The van der Waals surface area contributed by atoms with E-state index in [-0.39, 0.29) is 5.75 Å². The summed E-state index contributed by atoms with van der Waals surface area (Å²) in [6.07, 6.45) is 1.95. The van der Waals surface area contributed by atoms with Gasteiger partial charge in [0.2, 0.25) is 0 Å². The lowest BCUT2D eigenvalue weighted by atomic mass is 10.0. The van der Waals surface area contributed by atoms with Gasteiger partial charge in [0, 0.05) is 32.2 Å². The summed E-state index contributed by atoms with van der Waals surface area (Å²) in [5.41, 5.74) is 1.11. The van der Waals surface area contributed by atoms with Crippen molar-refractivity contribution in [1.29, 1.82) is 0 Å². The number of nitrogens with zero attached hydrogens (tertiary/aromatic N) is 2. The summed E-state index contributed by atoms with van der Waals surface area (Å²) >= 11 is 0. The van der Waals surface area contributed by atoms with E-state index >= 15 is 0 Å². The molecule has 1 saturated heterocycles. The number of guanidine groups is 1. The molecule has 1 aliphatic heterocycles. The zero-order chi connectivity index (χ0) is 21.1. The van der Waals surface area contributed by atoms with Gasteiger partial charge in [-0.2, -0.15) is 0 Å². The Morgan fingerprint density at radius 3 is 2.69 bits per heavy atom. The Hall–Kier alpha value is -1.99. The van der Waals surface area contributed by atoms with Crippen LogP contribution in [-0.2, 0) is 11.2 Å². The Labute approximate surface area is 175 Å². The number of rotatable bonds is 10. The van der Waals surface area contributed by atoms with Gasteiger partial charge in [0.1, 0.15) is 0 Å². The molecule has 1 atom stereocenters. The third kappa shape index (κ3) is 8.11. The van der Waals surface area contributed by atoms with E-state index in [4.69, 9.17) is 14.5 Å². The van der Waals surface area contributed by atoms with Crippen LogP contribution in [0.3, 0.4) is 0 Å². The quantitative estimate of drug-likeness (QED) is 0.409. The number of hydrogen-bond acceptors (Lipinski definition) is 5. The van der Waals surface area contributed by atoms with Crippen molar-refractivity contribution in [3.05, 3.63) is 23.8 Å². The van der Waals surface area contributed by atoms with Crippen molar-refractivity contribution < 1.29 is 14.6 Å². The molecule has 0 aromatic heterocycles. The molecule has 0 bridgehead atoms. The van der Waals surface area contributed by atoms with Crippen LogP contribution in [0.1, 0.15) is 32.8 Å². The number of phenols is 1. The summed E-state index contributed by atoms with van der Waals surface area (Å²) in [4.78, 5) is 7.38. The minimum absolute atomic E-state index is 0.165. The van der Waals surface area contributed by atoms with Crippen molar-refractivity contribution in [3.63, 3.8) is 0 Å². The number of aliphatic imine (C=N–C) groups is 1. The summed E-state index contributed by atoms with van der Waals surface area (Å²) in [5.74, 6) is 2.15. The first-order valence-electron chi connectivity index (χ1n) is 10.7. The van der Waals surface area contributed by atoms with E-state index < -0.39 is 0 Å². The molecular formula is C22H38N4O3. The van der Waals surface area contributed by atoms with E-state index in [0.29, 0.717) is 17.7 Å². The minimum atomic E-state index is 0.165. The standard InChI is InChI=1S/C22H38N4O3/c1-5-23-22(24-9-8-18-6-7-20(27)21(15-18)28-4)25-16-19(14-17(2)3)26-10-12-29-13-11-26/h6-7,15,17,19,27H,5,8-14,16H2,1-4H3,(H2,23,24,25). The third-order valence-electron chi connectivity index (χ3n) is 5.06. The van der Waals surface area contributed by atoms with E-state index in [9.17, 15) is 5.11 Å². The molecule has 1 aliphatic rings. The highest BCUT2D eigenvalue weighted by Gasteiger charge is 2.21. The Balaban J connectivity index is 1.92. The summed E-state index contributed by atoms with van der Waals surface area (Å²) < 4.78 is 10.7. The van der Waals surface area contributed by atoms with Crippen LogP contribution >= 0.6 is 0 Å². The molecule has 2 rings (SSSR count). The molecular weight excluding hydrogens is 368 g/mol. The maximum Gasteiger partial charge on any atom is 0.191 e. The van der Waals surface area contributed by atoms with Crippen LogP contribution < -0.4 is 15.4 Å². The SMILES string of the molecule is CCNC(=NCC(CC(C)C)N1CCOCC1)NCCc1ccc(O)c(OC)c1. The van der Waals surface area contributed by atoms with Gasteiger partial charge in [0.25, 0.3) is 0 Å². The van der Waals surface area contributed by atoms with Crippen molar-refractivity contribution >= 4 is 5.96 Å². The maximum absolute atomic E-state index is 9.73. The molecule has 7 heteroatoms. The van der Waals surface area contributed by atoms with Crippen LogP contribution in [-0.4, -0.2) is 75.1 Å². The predicted molar refractivity (Wildman–Crippen MR) is 118 cm³/mol. The van der Waals surface area contributed by atoms with Gasteiger partial charge in [0.05, 0.1) is 26.9 Å². The topological polar surface area (TPSA) is 78.4 Å². The molecule has 1 aromatic rings. The Morgan fingerprint density at radius 1 is 1.28 bits per heavy atom. The predicted octanol–water partition coefficient (Wildman–Crippen LogP) is 2.25. The molecule has 0 aliphatic carbocycles. The first-order valence-corrected chi connectivity index (χ1v) is 10.7. The normalized spacial score (nSPS) is 16.7. The number of morpholine rings is 1. The van der Waals surface area contributed by atoms with E-state index in [1.54, 1.807) is 13.2 Å². The Kier molecular flexibility index (Phi) is 10.1. The fourth-order valence-electron chi connectivity index (χ4n) is 3.57. The summed E-state index contributed by atoms with van der Waals surface area (Å²) in [5, 5.41) is 16.5. The lowest BCUT2D eigenvalue weighted by Gasteiger charge is -2.34. The second-order valence-corrected chi connectivity index (χ2v) is 7.83. The van der Waals surface area contributed by atoms with Crippen molar-refractivity contribution in [3.8, 4) is 11.5 Å². The van der Waals surface area contributed by atoms with Gasteiger partial charge < -0.3 is 25.2 Å². The van der Waals surface area contributed by atoms with E-state index in [1.165, 1.54) is 0 Å². The lowest BCUT2D eigenvalue weighted by molar-refractivity contribution is 0.0143. The molecule has 7 nitrogen and oxygen atoms in total. The van der Waals surface area contributed by atoms with Gasteiger partial charge in [-0.05, 0) is 43.4 Å². The van der Waals surface area contributed by atoms with Crippen molar-refractivity contribution in [2.24, 2.45) is 10.9 Å². The third-order valence-corrected chi connectivity index (χ3v) is 5.06. The van der Waals surface area contributed by atoms with Gasteiger partial charge in [-0.15, -0.1) is 0 Å². The average molecular weight is 407 g/mol. The molecule has 0 amide bonds. The van der Waals surface area contributed by atoms with Crippen LogP contribution in [0.2, 0.25) is 0 Å². The van der Waals surface area contributed by atoms with Crippen molar-refractivity contribution in [2.45, 2.75) is 39.7 Å². The lowest BCUT2D eigenvalue weighted by Crippen LogP contribution is -2.46. The van der Waals surface area contributed by atoms with Gasteiger partial charge in [0.15, 0.2) is 17.5 Å². The first-order chi connectivity index (χ1) is 14.0. The number of aromatic hydroxyl groups is 1. The van der Waals surface area contributed by atoms with Gasteiger partial charge in [-0.3, -0.25) is 9.89 Å². The smallest absolute Gasteiger partial charge is 0.191 e. The molecule has 1 fully saturated rings. The van der Waals surface area contributed by atoms with Crippen LogP contribution in [0.25, 0.3) is 0 Å².